The van der Waals surface area contributed by atoms with Crippen molar-refractivity contribution in [3.63, 3.8) is 0 Å². The van der Waals surface area contributed by atoms with Crippen molar-refractivity contribution in [3.05, 3.63) is 35.0 Å². The topological polar surface area (TPSA) is 133 Å². The van der Waals surface area contributed by atoms with Gasteiger partial charge in [-0.05, 0) is 51.5 Å². The third-order valence-electron chi connectivity index (χ3n) is 7.30. The Hall–Kier alpha value is -3.19. The Kier molecular flexibility index (Phi) is 8.22. The highest BCUT2D eigenvalue weighted by Crippen LogP contribution is 2.40. The maximum Gasteiger partial charge on any atom is 0.490 e. The number of halogens is 4. The van der Waals surface area contributed by atoms with Crippen molar-refractivity contribution >= 4 is 29.4 Å². The minimum atomic E-state index is -5.08. The number of nitrogens with zero attached hydrogens (tertiary/aromatic N) is 4. The molecule has 3 atom stereocenters. The number of carbonyl (C=O) groups excluding carboxylic acids is 1. The van der Waals surface area contributed by atoms with Crippen LogP contribution in [0.25, 0.3) is 11.3 Å². The van der Waals surface area contributed by atoms with E-state index in [4.69, 9.17) is 31.6 Å². The molecule has 3 N–H and O–H groups in total. The Morgan fingerprint density at radius 2 is 1.97 bits per heavy atom. The number of ether oxygens (including phenoxy) is 1. The summed E-state index contributed by atoms with van der Waals surface area (Å²) in [6, 6.07) is 6.18. The molecule has 3 fully saturated rings. The van der Waals surface area contributed by atoms with Gasteiger partial charge in [0.15, 0.2) is 5.96 Å². The molecule has 5 rings (SSSR count). The molecule has 3 heterocycles. The van der Waals surface area contributed by atoms with Crippen LogP contribution in [0.5, 0.6) is 0 Å². The molecule has 1 aliphatic carbocycles. The number of carbonyl (C=O) groups is 2. The molecular formula is C25H30ClF3N6O4. The van der Waals surface area contributed by atoms with Gasteiger partial charge in [0.1, 0.15) is 5.69 Å². The first kappa shape index (κ1) is 28.8. The third-order valence-corrected chi connectivity index (χ3v) is 7.71. The number of rotatable bonds is 4. The van der Waals surface area contributed by atoms with E-state index >= 15 is 0 Å². The number of carboxylic acid groups (broad SMARTS) is 1. The molecular weight excluding hydrogens is 541 g/mol. The lowest BCUT2D eigenvalue weighted by Gasteiger charge is -2.45. The van der Waals surface area contributed by atoms with E-state index in [1.807, 2.05) is 42.9 Å². The molecule has 39 heavy (non-hydrogen) atoms. The predicted octanol–water partition coefficient (Wildman–Crippen LogP) is 4.50. The molecule has 2 aromatic rings. The number of hydrogen-bond acceptors (Lipinski definition) is 6. The average Bonchev–Trinajstić information content (AvgIpc) is 3.26. The first-order valence-electron chi connectivity index (χ1n) is 12.6. The van der Waals surface area contributed by atoms with Gasteiger partial charge in [0.05, 0.1) is 35.3 Å². The Balaban J connectivity index is 0.000000448. The third kappa shape index (κ3) is 6.19. The molecule has 0 bridgehead atoms. The van der Waals surface area contributed by atoms with Gasteiger partial charge in [0.2, 0.25) is 5.91 Å². The van der Waals surface area contributed by atoms with Gasteiger partial charge >= 0.3 is 12.1 Å². The molecule has 0 radical (unpaired) electrons. The Bertz CT molecular complexity index is 1230. The van der Waals surface area contributed by atoms with E-state index in [1.165, 1.54) is 6.42 Å². The lowest BCUT2D eigenvalue weighted by Crippen LogP contribution is -2.63. The number of benzene rings is 1. The van der Waals surface area contributed by atoms with E-state index < -0.39 is 17.7 Å². The predicted molar refractivity (Wildman–Crippen MR) is 135 cm³/mol. The van der Waals surface area contributed by atoms with Crippen molar-refractivity contribution in [1.29, 1.82) is 5.41 Å². The first-order chi connectivity index (χ1) is 18.3. The molecule has 10 nitrogen and oxygen atoms in total. The highest BCUT2D eigenvalue weighted by atomic mass is 35.5. The molecule has 2 saturated heterocycles. The fraction of sp³-hybridized carbons (Fsp3) is 0.560. The standard InChI is InChI=1S/C23H29ClN6O2.C2HF3O2/c1-14-11-16(9-10-32-14)30-20(31)12-23(2,26-22(30)25)18-8-4-7-17(21(18)24)19-13-29(28-27-19)15-5-3-6-15;3-2(4,5)1(6)7/h4,7-8,13-16H,3,5-6,9-12H2,1-2H3,(H2,25,26);(H,6,7)/t14-,16-,23-;/m0./s1. The van der Waals surface area contributed by atoms with E-state index in [1.54, 1.807) is 4.90 Å². The number of aliphatic carboxylic acids is 1. The number of carboxylic acids is 1. The molecule has 1 aromatic carbocycles. The first-order valence-corrected chi connectivity index (χ1v) is 13.0. The van der Waals surface area contributed by atoms with E-state index in [2.05, 4.69) is 15.6 Å². The van der Waals surface area contributed by atoms with Gasteiger partial charge in [-0.3, -0.25) is 15.1 Å². The molecule has 0 unspecified atom stereocenters. The smallest absolute Gasteiger partial charge is 0.475 e. The van der Waals surface area contributed by atoms with Crippen LogP contribution in [0.1, 0.15) is 64.0 Å². The van der Waals surface area contributed by atoms with Crippen LogP contribution >= 0.6 is 11.6 Å². The molecule has 0 spiro atoms. The lowest BCUT2D eigenvalue weighted by molar-refractivity contribution is -0.192. The van der Waals surface area contributed by atoms with Crippen molar-refractivity contribution in [3.8, 4) is 11.3 Å². The van der Waals surface area contributed by atoms with Gasteiger partial charge in [-0.1, -0.05) is 35.0 Å². The normalized spacial score (nSPS) is 25.8. The van der Waals surface area contributed by atoms with Gasteiger partial charge in [0, 0.05) is 18.2 Å². The highest BCUT2D eigenvalue weighted by Gasteiger charge is 2.44. The zero-order valence-corrected chi connectivity index (χ0v) is 22.2. The summed E-state index contributed by atoms with van der Waals surface area (Å²) in [5.41, 5.74) is 1.52. The average molecular weight is 571 g/mol. The highest BCUT2D eigenvalue weighted by molar-refractivity contribution is 6.34. The second-order valence-corrected chi connectivity index (χ2v) is 10.6. The number of guanidine groups is 1. The van der Waals surface area contributed by atoms with Crippen molar-refractivity contribution in [1.82, 2.24) is 25.2 Å². The summed E-state index contributed by atoms with van der Waals surface area (Å²) in [6.07, 6.45) is 2.14. The summed E-state index contributed by atoms with van der Waals surface area (Å²) >= 11 is 6.87. The van der Waals surface area contributed by atoms with E-state index in [9.17, 15) is 18.0 Å². The van der Waals surface area contributed by atoms with E-state index in [-0.39, 0.29) is 30.4 Å². The lowest BCUT2D eigenvalue weighted by atomic mass is 9.84. The summed E-state index contributed by atoms with van der Waals surface area (Å²) < 4.78 is 39.3. The van der Waals surface area contributed by atoms with Crippen molar-refractivity contribution < 1.29 is 32.6 Å². The number of amides is 1. The number of hydrogen-bond donors (Lipinski definition) is 3. The largest absolute Gasteiger partial charge is 0.490 e. The van der Waals surface area contributed by atoms with Gasteiger partial charge in [0.25, 0.3) is 0 Å². The Labute approximate surface area is 228 Å². The van der Waals surface area contributed by atoms with Crippen LogP contribution in [0.2, 0.25) is 5.02 Å². The van der Waals surface area contributed by atoms with Gasteiger partial charge in [-0.15, -0.1) is 5.10 Å². The summed E-state index contributed by atoms with van der Waals surface area (Å²) in [7, 11) is 0. The van der Waals surface area contributed by atoms with Crippen LogP contribution < -0.4 is 5.32 Å². The van der Waals surface area contributed by atoms with Gasteiger partial charge in [-0.2, -0.15) is 13.2 Å². The molecule has 1 aromatic heterocycles. The van der Waals surface area contributed by atoms with E-state index in [0.29, 0.717) is 17.7 Å². The van der Waals surface area contributed by atoms with Crippen LogP contribution in [0.15, 0.2) is 24.4 Å². The van der Waals surface area contributed by atoms with Crippen LogP contribution in [0.3, 0.4) is 0 Å². The Morgan fingerprint density at radius 1 is 1.28 bits per heavy atom. The molecule has 14 heteroatoms. The maximum absolute atomic E-state index is 13.2. The minimum Gasteiger partial charge on any atom is -0.475 e. The quantitative estimate of drug-likeness (QED) is 0.493. The van der Waals surface area contributed by atoms with Crippen LogP contribution in [0.4, 0.5) is 13.2 Å². The van der Waals surface area contributed by atoms with Crippen molar-refractivity contribution in [2.75, 3.05) is 6.61 Å². The molecule has 2 aliphatic heterocycles. The van der Waals surface area contributed by atoms with Crippen molar-refractivity contribution in [2.45, 2.75) is 82.3 Å². The van der Waals surface area contributed by atoms with Gasteiger partial charge in [-0.25, -0.2) is 9.48 Å². The summed E-state index contributed by atoms with van der Waals surface area (Å²) in [4.78, 5) is 23.7. The Morgan fingerprint density at radius 3 is 2.54 bits per heavy atom. The zero-order chi connectivity index (χ0) is 28.5. The molecule has 1 amide bonds. The second kappa shape index (κ2) is 11.1. The minimum absolute atomic E-state index is 0.0147. The second-order valence-electron chi connectivity index (χ2n) is 10.2. The summed E-state index contributed by atoms with van der Waals surface area (Å²) in [5, 5.41) is 28.2. The van der Waals surface area contributed by atoms with Crippen LogP contribution in [0, 0.1) is 5.41 Å². The fourth-order valence-electron chi connectivity index (χ4n) is 5.02. The molecule has 212 valence electrons. The number of aromatic nitrogens is 3. The van der Waals surface area contributed by atoms with E-state index in [0.717, 1.165) is 42.5 Å². The number of nitrogens with one attached hydrogen (secondary N) is 2. The fourth-order valence-corrected chi connectivity index (χ4v) is 5.45. The number of alkyl halides is 3. The van der Waals surface area contributed by atoms with Crippen LogP contribution in [-0.4, -0.2) is 67.8 Å². The zero-order valence-electron chi connectivity index (χ0n) is 21.5. The van der Waals surface area contributed by atoms with Crippen LogP contribution in [-0.2, 0) is 19.9 Å². The molecule has 1 saturated carbocycles. The molecule has 3 aliphatic rings. The van der Waals surface area contributed by atoms with Gasteiger partial charge < -0.3 is 15.2 Å². The monoisotopic (exact) mass is 570 g/mol. The SMILES string of the molecule is C[C@H]1C[C@@H](N2C(=N)N[C@](C)(c3cccc(-c4cn(C5CCC5)nn4)c3Cl)CC2=O)CCO1.O=C(O)C(F)(F)F. The summed E-state index contributed by atoms with van der Waals surface area (Å²) in [5.74, 6) is -2.69. The van der Waals surface area contributed by atoms with Crippen molar-refractivity contribution in [2.24, 2.45) is 0 Å². The maximum atomic E-state index is 13.2. The summed E-state index contributed by atoms with van der Waals surface area (Å²) in [6.45, 7) is 4.54.